The summed E-state index contributed by atoms with van der Waals surface area (Å²) in [6.07, 6.45) is 1.68. The van der Waals surface area contributed by atoms with Gasteiger partial charge in [-0.3, -0.25) is 0 Å². The molecule has 0 fully saturated rings. The third-order valence-corrected chi connectivity index (χ3v) is 2.04. The molecule has 1 aromatic heterocycles. The molecule has 2 N–H and O–H groups in total. The van der Waals surface area contributed by atoms with Crippen LogP contribution in [0.15, 0.2) is 11.4 Å². The molecule has 5 heteroatoms. The maximum atomic E-state index is 5.42. The molecule has 0 unspecified atom stereocenters. The monoisotopic (exact) mass is 171 g/mol. The Morgan fingerprint density at radius 1 is 1.82 bits per heavy atom. The zero-order valence-electron chi connectivity index (χ0n) is 6.37. The molecular weight excluding hydrogens is 162 g/mol. The fraction of sp³-hybridized carbons (Fsp3) is 0.333. The maximum Gasteiger partial charge on any atom is 0.180 e. The van der Waals surface area contributed by atoms with E-state index in [2.05, 4.69) is 15.0 Å². The van der Waals surface area contributed by atoms with Crippen LogP contribution in [-0.2, 0) is 4.84 Å². The predicted molar refractivity (Wildman–Crippen MR) is 45.7 cm³/mol. The van der Waals surface area contributed by atoms with Gasteiger partial charge >= 0.3 is 0 Å². The van der Waals surface area contributed by atoms with E-state index < -0.39 is 0 Å². The average molecular weight is 171 g/mol. The second-order valence-electron chi connectivity index (χ2n) is 1.92. The lowest BCUT2D eigenvalue weighted by atomic mass is 10.4. The minimum atomic E-state index is 0.547. The number of nitrogen functional groups attached to an aromatic ring is 1. The topological polar surface area (TPSA) is 60.5 Å². The van der Waals surface area contributed by atoms with Crippen molar-refractivity contribution in [1.82, 2.24) is 4.98 Å². The van der Waals surface area contributed by atoms with Crippen molar-refractivity contribution in [3.63, 3.8) is 0 Å². The molecule has 0 amide bonds. The maximum absolute atomic E-state index is 5.42. The van der Waals surface area contributed by atoms with Crippen molar-refractivity contribution in [1.29, 1.82) is 0 Å². The van der Waals surface area contributed by atoms with E-state index in [1.807, 2.05) is 6.92 Å². The van der Waals surface area contributed by atoms with Gasteiger partial charge in [-0.15, -0.1) is 0 Å². The van der Waals surface area contributed by atoms with Crippen molar-refractivity contribution < 1.29 is 4.84 Å². The van der Waals surface area contributed by atoms with Gasteiger partial charge in [0.15, 0.2) is 5.13 Å². The zero-order valence-corrected chi connectivity index (χ0v) is 7.18. The smallest absolute Gasteiger partial charge is 0.180 e. The number of nitrogens with zero attached hydrogens (tertiary/aromatic N) is 2. The van der Waals surface area contributed by atoms with Gasteiger partial charge in [0, 0.05) is 6.20 Å². The van der Waals surface area contributed by atoms with Crippen molar-refractivity contribution in [2.45, 2.75) is 6.92 Å². The highest BCUT2D eigenvalue weighted by Crippen LogP contribution is 2.14. The van der Waals surface area contributed by atoms with E-state index in [4.69, 9.17) is 5.73 Å². The van der Waals surface area contributed by atoms with E-state index in [0.717, 1.165) is 10.6 Å². The van der Waals surface area contributed by atoms with Crippen molar-refractivity contribution in [2.75, 3.05) is 12.8 Å². The summed E-state index contributed by atoms with van der Waals surface area (Å²) < 4.78 is 0. The number of hydrogen-bond acceptors (Lipinski definition) is 5. The normalized spacial score (nSPS) is 11.6. The van der Waals surface area contributed by atoms with Crippen LogP contribution >= 0.6 is 11.3 Å². The minimum absolute atomic E-state index is 0.547. The molecule has 0 radical (unpaired) electrons. The third kappa shape index (κ3) is 1.91. The van der Waals surface area contributed by atoms with Crippen LogP contribution in [0.3, 0.4) is 0 Å². The standard InChI is InChI=1S/C6H9N3OS/c1-4(9-10-2)5-3-8-6(7)11-5/h3H,1-2H3,(H2,7,8). The SMILES string of the molecule is CON=C(C)c1cnc(N)s1. The van der Waals surface area contributed by atoms with Crippen molar-refractivity contribution >= 4 is 22.2 Å². The summed E-state index contributed by atoms with van der Waals surface area (Å²) in [5, 5.41) is 4.29. The summed E-state index contributed by atoms with van der Waals surface area (Å²) in [7, 11) is 1.51. The first-order chi connectivity index (χ1) is 5.24. The van der Waals surface area contributed by atoms with Crippen molar-refractivity contribution in [3.05, 3.63) is 11.1 Å². The third-order valence-electron chi connectivity index (χ3n) is 1.11. The second kappa shape index (κ2) is 3.34. The van der Waals surface area contributed by atoms with Crippen molar-refractivity contribution in [3.8, 4) is 0 Å². The predicted octanol–water partition coefficient (Wildman–Crippen LogP) is 1.10. The summed E-state index contributed by atoms with van der Waals surface area (Å²) in [6, 6.07) is 0. The van der Waals surface area contributed by atoms with Crippen LogP contribution in [0.25, 0.3) is 0 Å². The number of oxime groups is 1. The Bertz CT molecular complexity index is 269. The Kier molecular flexibility index (Phi) is 2.43. The van der Waals surface area contributed by atoms with Gasteiger partial charge in [0.05, 0.1) is 10.6 Å². The van der Waals surface area contributed by atoms with Gasteiger partial charge in [-0.2, -0.15) is 0 Å². The van der Waals surface area contributed by atoms with Gasteiger partial charge in [0.2, 0.25) is 0 Å². The average Bonchev–Trinajstić information content (AvgIpc) is 2.36. The molecule has 1 heterocycles. The molecular formula is C6H9N3OS. The van der Waals surface area contributed by atoms with Crippen LogP contribution in [0.4, 0.5) is 5.13 Å². The van der Waals surface area contributed by atoms with Gasteiger partial charge in [0.1, 0.15) is 7.11 Å². The van der Waals surface area contributed by atoms with E-state index in [0.29, 0.717) is 5.13 Å². The summed E-state index contributed by atoms with van der Waals surface area (Å²) in [4.78, 5) is 9.41. The van der Waals surface area contributed by atoms with E-state index >= 15 is 0 Å². The van der Waals surface area contributed by atoms with Crippen LogP contribution in [0.2, 0.25) is 0 Å². The quantitative estimate of drug-likeness (QED) is 0.535. The van der Waals surface area contributed by atoms with Crippen molar-refractivity contribution in [2.24, 2.45) is 5.16 Å². The van der Waals surface area contributed by atoms with Crippen LogP contribution in [0.5, 0.6) is 0 Å². The number of hydrogen-bond donors (Lipinski definition) is 1. The number of anilines is 1. The summed E-state index contributed by atoms with van der Waals surface area (Å²) in [5.74, 6) is 0. The molecule has 11 heavy (non-hydrogen) atoms. The molecule has 0 saturated heterocycles. The van der Waals surface area contributed by atoms with Gasteiger partial charge in [0.25, 0.3) is 0 Å². The molecule has 0 aromatic carbocycles. The van der Waals surface area contributed by atoms with Gasteiger partial charge in [-0.05, 0) is 6.92 Å². The summed E-state index contributed by atoms with van der Waals surface area (Å²) in [5.41, 5.74) is 6.22. The lowest BCUT2D eigenvalue weighted by molar-refractivity contribution is 0.213. The Balaban J connectivity index is 2.84. The van der Waals surface area contributed by atoms with Crippen LogP contribution in [0, 0.1) is 0 Å². The highest BCUT2D eigenvalue weighted by Gasteiger charge is 2.01. The molecule has 0 aliphatic carbocycles. The van der Waals surface area contributed by atoms with Gasteiger partial charge in [-0.25, -0.2) is 4.98 Å². The Morgan fingerprint density at radius 2 is 2.55 bits per heavy atom. The molecule has 0 spiro atoms. The Labute approximate surface area is 68.7 Å². The van der Waals surface area contributed by atoms with Crippen LogP contribution < -0.4 is 5.73 Å². The first-order valence-electron chi connectivity index (χ1n) is 3.03. The largest absolute Gasteiger partial charge is 0.399 e. The minimum Gasteiger partial charge on any atom is -0.399 e. The lowest BCUT2D eigenvalue weighted by Gasteiger charge is -1.91. The molecule has 0 saturated carbocycles. The fourth-order valence-electron chi connectivity index (χ4n) is 0.637. The summed E-state index contributed by atoms with van der Waals surface area (Å²) in [6.45, 7) is 1.84. The Morgan fingerprint density at radius 3 is 3.00 bits per heavy atom. The zero-order chi connectivity index (χ0) is 8.27. The highest BCUT2D eigenvalue weighted by atomic mass is 32.1. The second-order valence-corrected chi connectivity index (χ2v) is 2.98. The molecule has 1 aromatic rings. The van der Waals surface area contributed by atoms with E-state index in [-0.39, 0.29) is 0 Å². The van der Waals surface area contributed by atoms with Crippen LogP contribution in [-0.4, -0.2) is 17.8 Å². The van der Waals surface area contributed by atoms with Gasteiger partial charge in [-0.1, -0.05) is 16.5 Å². The number of aromatic nitrogens is 1. The van der Waals surface area contributed by atoms with Crippen LogP contribution in [0.1, 0.15) is 11.8 Å². The first-order valence-corrected chi connectivity index (χ1v) is 3.85. The Hall–Kier alpha value is -1.10. The number of rotatable bonds is 2. The molecule has 0 atom stereocenters. The first kappa shape index (κ1) is 8.00. The molecule has 0 aliphatic rings. The lowest BCUT2D eigenvalue weighted by Crippen LogP contribution is -1.90. The molecule has 4 nitrogen and oxygen atoms in total. The highest BCUT2D eigenvalue weighted by molar-refractivity contribution is 7.17. The molecule has 60 valence electrons. The van der Waals surface area contributed by atoms with E-state index in [1.54, 1.807) is 6.20 Å². The van der Waals surface area contributed by atoms with E-state index in [1.165, 1.54) is 18.4 Å². The van der Waals surface area contributed by atoms with Gasteiger partial charge < -0.3 is 10.6 Å². The molecule has 1 rings (SSSR count). The summed E-state index contributed by atoms with van der Waals surface area (Å²) >= 11 is 1.39. The fourth-order valence-corrected chi connectivity index (χ4v) is 1.26. The van der Waals surface area contributed by atoms with E-state index in [9.17, 15) is 0 Å². The molecule has 0 aliphatic heterocycles. The molecule has 0 bridgehead atoms. The number of thiazole rings is 1. The number of nitrogens with two attached hydrogens (primary N) is 1.